The van der Waals surface area contributed by atoms with Crippen LogP contribution in [0.3, 0.4) is 0 Å². The van der Waals surface area contributed by atoms with E-state index in [1.54, 1.807) is 6.07 Å². The number of nitrogens with zero attached hydrogens (tertiary/aromatic N) is 2. The van der Waals surface area contributed by atoms with E-state index in [-0.39, 0.29) is 5.97 Å². The fraction of sp³-hybridized carbons (Fsp3) is 0.650. The lowest BCUT2D eigenvalue weighted by Gasteiger charge is -2.45. The molecule has 6 heteroatoms. The smallest absolute Gasteiger partial charge is 0.305 e. The molecule has 2 fully saturated rings. The summed E-state index contributed by atoms with van der Waals surface area (Å²) in [5.41, 5.74) is 1.13. The predicted molar refractivity (Wildman–Crippen MR) is 98.9 cm³/mol. The van der Waals surface area contributed by atoms with Crippen molar-refractivity contribution in [1.29, 1.82) is 0 Å². The van der Waals surface area contributed by atoms with E-state index < -0.39 is 0 Å². The van der Waals surface area contributed by atoms with Gasteiger partial charge in [0.2, 0.25) is 0 Å². The van der Waals surface area contributed by atoms with Gasteiger partial charge in [-0.05, 0) is 43.0 Å². The highest BCUT2D eigenvalue weighted by molar-refractivity contribution is 5.69. The van der Waals surface area contributed by atoms with E-state index in [9.17, 15) is 9.90 Å². The molecule has 0 aromatic heterocycles. The monoisotopic (exact) mass is 362 g/mol. The third-order valence-corrected chi connectivity index (χ3v) is 5.56. The van der Waals surface area contributed by atoms with Gasteiger partial charge in [0, 0.05) is 38.6 Å². The van der Waals surface area contributed by atoms with Crippen molar-refractivity contribution in [2.75, 3.05) is 46.5 Å². The van der Waals surface area contributed by atoms with Gasteiger partial charge in [-0.25, -0.2) is 0 Å². The third kappa shape index (κ3) is 5.19. The van der Waals surface area contributed by atoms with Crippen molar-refractivity contribution in [3.63, 3.8) is 0 Å². The molecule has 0 amide bonds. The van der Waals surface area contributed by atoms with Crippen molar-refractivity contribution in [1.82, 2.24) is 9.80 Å². The van der Waals surface area contributed by atoms with Gasteiger partial charge in [0.15, 0.2) is 0 Å². The van der Waals surface area contributed by atoms with Crippen LogP contribution >= 0.6 is 0 Å². The summed E-state index contributed by atoms with van der Waals surface area (Å²) >= 11 is 0. The van der Waals surface area contributed by atoms with Gasteiger partial charge in [-0.1, -0.05) is 12.1 Å². The molecule has 0 radical (unpaired) electrons. The molecule has 2 aliphatic heterocycles. The molecule has 2 atom stereocenters. The molecule has 0 saturated carbocycles. The Hall–Kier alpha value is -1.63. The van der Waals surface area contributed by atoms with Gasteiger partial charge in [0.25, 0.3) is 0 Å². The van der Waals surface area contributed by atoms with Gasteiger partial charge >= 0.3 is 5.97 Å². The number of hydrogen-bond donors (Lipinski definition) is 1. The number of morpholine rings is 1. The molecule has 0 unspecified atom stereocenters. The van der Waals surface area contributed by atoms with E-state index in [1.165, 1.54) is 7.11 Å². The Morgan fingerprint density at radius 1 is 1.31 bits per heavy atom. The summed E-state index contributed by atoms with van der Waals surface area (Å²) in [5.74, 6) is 0.627. The molecule has 144 valence electrons. The van der Waals surface area contributed by atoms with Crippen LogP contribution in [0.1, 0.15) is 24.8 Å². The number of rotatable bonds is 6. The molecule has 6 nitrogen and oxygen atoms in total. The van der Waals surface area contributed by atoms with E-state index in [2.05, 4.69) is 15.9 Å². The number of benzene rings is 1. The topological polar surface area (TPSA) is 62.2 Å². The number of esters is 1. The Balaban J connectivity index is 1.63. The molecule has 1 N–H and O–H groups in total. The van der Waals surface area contributed by atoms with Crippen LogP contribution in [0.5, 0.6) is 5.75 Å². The van der Waals surface area contributed by atoms with Crippen molar-refractivity contribution in [3.05, 3.63) is 29.8 Å². The summed E-state index contributed by atoms with van der Waals surface area (Å²) in [6.45, 7) is 6.39. The highest BCUT2D eigenvalue weighted by Crippen LogP contribution is 2.28. The van der Waals surface area contributed by atoms with Crippen LogP contribution in [0.15, 0.2) is 24.3 Å². The van der Waals surface area contributed by atoms with E-state index in [4.69, 9.17) is 9.47 Å². The standard InChI is InChI=1S/C20H30N2O4/c1-25-20(24)6-5-17-15-21(14-16-3-2-4-18(23)13-16)8-7-19(17)22-9-11-26-12-10-22/h2-4,13,17,19,23H,5-12,14-15H2,1H3/t17-,19+/m0/s1. The fourth-order valence-electron chi connectivity index (χ4n) is 4.23. The largest absolute Gasteiger partial charge is 0.508 e. The van der Waals surface area contributed by atoms with Crippen molar-refractivity contribution in [2.24, 2.45) is 5.92 Å². The molecule has 0 aliphatic carbocycles. The Bertz CT molecular complexity index is 589. The highest BCUT2D eigenvalue weighted by Gasteiger charge is 2.34. The minimum Gasteiger partial charge on any atom is -0.508 e. The second kappa shape index (κ2) is 9.35. The van der Waals surface area contributed by atoms with Gasteiger partial charge < -0.3 is 14.6 Å². The second-order valence-corrected chi connectivity index (χ2v) is 7.28. The van der Waals surface area contributed by atoms with Crippen LogP contribution in [0, 0.1) is 5.92 Å². The Morgan fingerprint density at radius 3 is 2.85 bits per heavy atom. The van der Waals surface area contributed by atoms with Crippen molar-refractivity contribution >= 4 is 5.97 Å². The summed E-state index contributed by atoms with van der Waals surface area (Å²) in [6, 6.07) is 7.98. The molecule has 0 spiro atoms. The van der Waals surface area contributed by atoms with Crippen molar-refractivity contribution < 1.29 is 19.4 Å². The molecule has 2 heterocycles. The lowest BCUT2D eigenvalue weighted by molar-refractivity contribution is -0.141. The Kier molecular flexibility index (Phi) is 6.88. The Labute approximate surface area is 155 Å². The first-order valence-electron chi connectivity index (χ1n) is 9.54. The van der Waals surface area contributed by atoms with Crippen molar-refractivity contribution in [2.45, 2.75) is 31.8 Å². The van der Waals surface area contributed by atoms with Gasteiger partial charge in [0.05, 0.1) is 20.3 Å². The molecular weight excluding hydrogens is 332 g/mol. The minimum atomic E-state index is -0.129. The molecule has 3 rings (SSSR count). The summed E-state index contributed by atoms with van der Waals surface area (Å²) < 4.78 is 10.3. The molecular formula is C20H30N2O4. The van der Waals surface area contributed by atoms with E-state index >= 15 is 0 Å². The van der Waals surface area contributed by atoms with E-state index in [0.29, 0.717) is 24.1 Å². The number of likely N-dealkylation sites (tertiary alicyclic amines) is 1. The zero-order valence-corrected chi connectivity index (χ0v) is 15.6. The van der Waals surface area contributed by atoms with Crippen LogP contribution in [0.25, 0.3) is 0 Å². The van der Waals surface area contributed by atoms with Crippen LogP contribution in [0.4, 0.5) is 0 Å². The average molecular weight is 362 g/mol. The number of aromatic hydroxyl groups is 1. The van der Waals surface area contributed by atoms with Crippen LogP contribution < -0.4 is 0 Å². The first-order chi connectivity index (χ1) is 12.7. The molecule has 0 bridgehead atoms. The number of methoxy groups -OCH3 is 1. The lowest BCUT2D eigenvalue weighted by Crippen LogP contribution is -2.53. The summed E-state index contributed by atoms with van der Waals surface area (Å²) in [5, 5.41) is 9.69. The van der Waals surface area contributed by atoms with Crippen LogP contribution in [-0.2, 0) is 20.8 Å². The number of hydrogen-bond acceptors (Lipinski definition) is 6. The van der Waals surface area contributed by atoms with Crippen LogP contribution in [-0.4, -0.2) is 73.4 Å². The first kappa shape index (κ1) is 19.1. The number of carbonyl (C=O) groups is 1. The number of phenols is 1. The summed E-state index contributed by atoms with van der Waals surface area (Å²) in [4.78, 5) is 16.6. The average Bonchev–Trinajstić information content (AvgIpc) is 2.67. The maximum Gasteiger partial charge on any atom is 0.305 e. The number of ether oxygens (including phenoxy) is 2. The summed E-state index contributed by atoms with van der Waals surface area (Å²) in [7, 11) is 1.46. The number of carbonyl (C=O) groups excluding carboxylic acids is 1. The van der Waals surface area contributed by atoms with Gasteiger partial charge in [-0.15, -0.1) is 0 Å². The highest BCUT2D eigenvalue weighted by atomic mass is 16.5. The molecule has 1 aromatic rings. The maximum absolute atomic E-state index is 11.7. The Morgan fingerprint density at radius 2 is 2.12 bits per heavy atom. The van der Waals surface area contributed by atoms with E-state index in [0.717, 1.165) is 64.3 Å². The third-order valence-electron chi connectivity index (χ3n) is 5.56. The lowest BCUT2D eigenvalue weighted by atomic mass is 9.86. The first-order valence-corrected chi connectivity index (χ1v) is 9.54. The van der Waals surface area contributed by atoms with Crippen molar-refractivity contribution in [3.8, 4) is 5.75 Å². The van der Waals surface area contributed by atoms with Crippen LogP contribution in [0.2, 0.25) is 0 Å². The quantitative estimate of drug-likeness (QED) is 0.780. The SMILES string of the molecule is COC(=O)CC[C@H]1CN(Cc2cccc(O)c2)CC[C@H]1N1CCOCC1. The zero-order chi connectivity index (χ0) is 18.4. The normalized spacial score (nSPS) is 25.1. The maximum atomic E-state index is 11.7. The van der Waals surface area contributed by atoms with Gasteiger partial charge in [-0.2, -0.15) is 0 Å². The molecule has 2 aliphatic rings. The second-order valence-electron chi connectivity index (χ2n) is 7.28. The fourth-order valence-corrected chi connectivity index (χ4v) is 4.23. The number of phenolic OH excluding ortho intramolecular Hbond substituents is 1. The predicted octanol–water partition coefficient (Wildman–Crippen LogP) is 1.87. The van der Waals surface area contributed by atoms with Gasteiger partial charge in [0.1, 0.15) is 5.75 Å². The number of piperidine rings is 1. The summed E-state index contributed by atoms with van der Waals surface area (Å²) in [6.07, 6.45) is 2.43. The minimum absolute atomic E-state index is 0.129. The molecule has 2 saturated heterocycles. The molecule has 26 heavy (non-hydrogen) atoms. The zero-order valence-electron chi connectivity index (χ0n) is 15.6. The van der Waals surface area contributed by atoms with E-state index in [1.807, 2.05) is 12.1 Å². The van der Waals surface area contributed by atoms with Gasteiger partial charge in [-0.3, -0.25) is 14.6 Å². The molecule has 1 aromatic carbocycles.